The van der Waals surface area contributed by atoms with Gasteiger partial charge in [0.1, 0.15) is 5.82 Å². The quantitative estimate of drug-likeness (QED) is 0.813. The molecule has 0 aromatic carbocycles. The van der Waals surface area contributed by atoms with Crippen LogP contribution in [0.25, 0.3) is 12.2 Å². The van der Waals surface area contributed by atoms with Crippen LogP contribution in [-0.2, 0) is 6.54 Å². The molecule has 0 atom stereocenters. The Hall–Kier alpha value is -1.06. The van der Waals surface area contributed by atoms with Crippen molar-refractivity contribution >= 4 is 35.9 Å². The average molecular weight is 255 g/mol. The molecule has 2 aromatic rings. The second-order valence-electron chi connectivity index (χ2n) is 3.37. The zero-order chi connectivity index (χ0) is 10.7. The molecular formula is C12H15ClN2S. The summed E-state index contributed by atoms with van der Waals surface area (Å²) in [6.07, 6.45) is 8.04. The van der Waals surface area contributed by atoms with Crippen LogP contribution in [-0.4, -0.2) is 9.55 Å². The molecule has 0 N–H and O–H groups in total. The Morgan fingerprint density at radius 1 is 1.44 bits per heavy atom. The fourth-order valence-corrected chi connectivity index (χ4v) is 2.27. The highest BCUT2D eigenvalue weighted by atomic mass is 35.5. The first-order valence-electron chi connectivity index (χ1n) is 5.04. The Kier molecular flexibility index (Phi) is 4.77. The van der Waals surface area contributed by atoms with E-state index < -0.39 is 0 Å². The van der Waals surface area contributed by atoms with Crippen LogP contribution >= 0.6 is 23.7 Å². The predicted octanol–water partition coefficient (Wildman–Crippen LogP) is 3.87. The summed E-state index contributed by atoms with van der Waals surface area (Å²) in [6, 6.07) is 2.14. The van der Waals surface area contributed by atoms with Gasteiger partial charge in [0.05, 0.1) is 0 Å². The van der Waals surface area contributed by atoms with Crippen molar-refractivity contribution in [2.24, 2.45) is 0 Å². The van der Waals surface area contributed by atoms with E-state index >= 15 is 0 Å². The molecule has 0 fully saturated rings. The maximum absolute atomic E-state index is 4.30. The van der Waals surface area contributed by atoms with E-state index in [0.29, 0.717) is 0 Å². The molecule has 2 heterocycles. The molecule has 0 aliphatic carbocycles. The summed E-state index contributed by atoms with van der Waals surface area (Å²) in [5, 5.41) is 2.11. The Bertz CT molecular complexity index is 471. The molecule has 2 nitrogen and oxygen atoms in total. The molecule has 16 heavy (non-hydrogen) atoms. The lowest BCUT2D eigenvalue weighted by molar-refractivity contribution is 0.753. The maximum atomic E-state index is 4.30. The number of nitrogens with zero attached hydrogens (tertiary/aromatic N) is 2. The van der Waals surface area contributed by atoms with Crippen LogP contribution < -0.4 is 0 Å². The lowest BCUT2D eigenvalue weighted by Gasteiger charge is -1.98. The minimum absolute atomic E-state index is 0. The third-order valence-corrected chi connectivity index (χ3v) is 3.36. The fourth-order valence-electron chi connectivity index (χ4n) is 1.45. The zero-order valence-corrected chi connectivity index (χ0v) is 11.0. The molecular weight excluding hydrogens is 240 g/mol. The second-order valence-corrected chi connectivity index (χ2v) is 4.32. The van der Waals surface area contributed by atoms with Crippen LogP contribution in [0.5, 0.6) is 0 Å². The van der Waals surface area contributed by atoms with Gasteiger partial charge in [0.2, 0.25) is 0 Å². The molecule has 0 amide bonds. The highest BCUT2D eigenvalue weighted by Crippen LogP contribution is 2.18. The van der Waals surface area contributed by atoms with E-state index in [1.54, 1.807) is 11.3 Å². The molecule has 0 radical (unpaired) electrons. The largest absolute Gasteiger partial charge is 0.332 e. The Labute approximate surface area is 106 Å². The molecule has 0 saturated carbocycles. The third kappa shape index (κ3) is 2.74. The van der Waals surface area contributed by atoms with Crippen LogP contribution in [0.3, 0.4) is 0 Å². The van der Waals surface area contributed by atoms with E-state index in [2.05, 4.69) is 47.0 Å². The number of aromatic nitrogens is 2. The standard InChI is InChI=1S/C12H14N2S.ClH/c1-3-14-8-7-13-12(14)5-4-11-10(2)6-9-15-11;/h4-9H,3H2,1-2H3;1H. The summed E-state index contributed by atoms with van der Waals surface area (Å²) in [7, 11) is 0. The highest BCUT2D eigenvalue weighted by Gasteiger charge is 1.97. The SMILES string of the molecule is CCn1ccnc1C=Cc1sccc1C.Cl. The molecule has 4 heteroatoms. The molecule has 0 spiro atoms. The van der Waals surface area contributed by atoms with Gasteiger partial charge in [-0.15, -0.1) is 23.7 Å². The summed E-state index contributed by atoms with van der Waals surface area (Å²) in [4.78, 5) is 5.60. The highest BCUT2D eigenvalue weighted by molar-refractivity contribution is 7.11. The summed E-state index contributed by atoms with van der Waals surface area (Å²) in [5.74, 6) is 1.02. The summed E-state index contributed by atoms with van der Waals surface area (Å²) >= 11 is 1.76. The van der Waals surface area contributed by atoms with Gasteiger partial charge < -0.3 is 4.57 Å². The molecule has 2 rings (SSSR count). The van der Waals surface area contributed by atoms with E-state index in [1.807, 2.05) is 12.4 Å². The van der Waals surface area contributed by atoms with E-state index in [1.165, 1.54) is 10.4 Å². The fraction of sp³-hybridized carbons (Fsp3) is 0.250. The van der Waals surface area contributed by atoms with Gasteiger partial charge in [0, 0.05) is 23.8 Å². The van der Waals surface area contributed by atoms with E-state index in [0.717, 1.165) is 12.4 Å². The number of aryl methyl sites for hydroxylation is 2. The van der Waals surface area contributed by atoms with Gasteiger partial charge in [-0.05, 0) is 43.0 Å². The maximum Gasteiger partial charge on any atom is 0.132 e. The van der Waals surface area contributed by atoms with Crippen LogP contribution in [0.4, 0.5) is 0 Å². The van der Waals surface area contributed by atoms with Crippen LogP contribution in [0.2, 0.25) is 0 Å². The lowest BCUT2D eigenvalue weighted by Crippen LogP contribution is -1.94. The average Bonchev–Trinajstić information content (AvgIpc) is 2.83. The smallest absolute Gasteiger partial charge is 0.132 e. The minimum atomic E-state index is 0. The third-order valence-electron chi connectivity index (χ3n) is 2.37. The van der Waals surface area contributed by atoms with Crippen molar-refractivity contribution in [2.45, 2.75) is 20.4 Å². The number of thiophene rings is 1. The Morgan fingerprint density at radius 3 is 2.88 bits per heavy atom. The first kappa shape index (κ1) is 13.0. The molecule has 0 unspecified atom stereocenters. The lowest BCUT2D eigenvalue weighted by atomic mass is 10.3. The van der Waals surface area contributed by atoms with Crippen molar-refractivity contribution in [3.8, 4) is 0 Å². The van der Waals surface area contributed by atoms with Gasteiger partial charge >= 0.3 is 0 Å². The van der Waals surface area contributed by atoms with Crippen LogP contribution in [0.1, 0.15) is 23.2 Å². The van der Waals surface area contributed by atoms with Gasteiger partial charge in [-0.2, -0.15) is 0 Å². The normalized spacial score (nSPS) is 10.6. The Morgan fingerprint density at radius 2 is 2.25 bits per heavy atom. The van der Waals surface area contributed by atoms with Gasteiger partial charge in [-0.1, -0.05) is 0 Å². The molecule has 0 saturated heterocycles. The Balaban J connectivity index is 0.00000128. The van der Waals surface area contributed by atoms with Gasteiger partial charge in [0.25, 0.3) is 0 Å². The predicted molar refractivity (Wildman–Crippen MR) is 73.1 cm³/mol. The van der Waals surface area contributed by atoms with Crippen LogP contribution in [0, 0.1) is 6.92 Å². The number of imidazole rings is 1. The zero-order valence-electron chi connectivity index (χ0n) is 9.38. The van der Waals surface area contributed by atoms with E-state index in [9.17, 15) is 0 Å². The number of hydrogen-bond donors (Lipinski definition) is 0. The van der Waals surface area contributed by atoms with Gasteiger partial charge in [0.15, 0.2) is 0 Å². The first-order valence-corrected chi connectivity index (χ1v) is 5.92. The van der Waals surface area contributed by atoms with Crippen molar-refractivity contribution in [1.82, 2.24) is 9.55 Å². The number of hydrogen-bond acceptors (Lipinski definition) is 2. The second kappa shape index (κ2) is 5.87. The van der Waals surface area contributed by atoms with Crippen molar-refractivity contribution in [3.63, 3.8) is 0 Å². The molecule has 0 aliphatic rings. The molecule has 0 aliphatic heterocycles. The van der Waals surface area contributed by atoms with E-state index in [4.69, 9.17) is 0 Å². The van der Waals surface area contributed by atoms with E-state index in [-0.39, 0.29) is 12.4 Å². The number of halogens is 1. The molecule has 0 bridgehead atoms. The summed E-state index contributed by atoms with van der Waals surface area (Å²) < 4.78 is 2.12. The molecule has 2 aromatic heterocycles. The molecule has 86 valence electrons. The van der Waals surface area contributed by atoms with Crippen molar-refractivity contribution in [1.29, 1.82) is 0 Å². The van der Waals surface area contributed by atoms with Crippen molar-refractivity contribution in [2.75, 3.05) is 0 Å². The van der Waals surface area contributed by atoms with Crippen LogP contribution in [0.15, 0.2) is 23.8 Å². The summed E-state index contributed by atoms with van der Waals surface area (Å²) in [5.41, 5.74) is 1.32. The number of rotatable bonds is 3. The van der Waals surface area contributed by atoms with Crippen molar-refractivity contribution < 1.29 is 0 Å². The van der Waals surface area contributed by atoms with Gasteiger partial charge in [-0.25, -0.2) is 4.98 Å². The summed E-state index contributed by atoms with van der Waals surface area (Å²) in [6.45, 7) is 5.21. The monoisotopic (exact) mass is 254 g/mol. The topological polar surface area (TPSA) is 17.8 Å². The van der Waals surface area contributed by atoms with Gasteiger partial charge in [-0.3, -0.25) is 0 Å². The minimum Gasteiger partial charge on any atom is -0.332 e. The van der Waals surface area contributed by atoms with Crippen molar-refractivity contribution in [3.05, 3.63) is 40.1 Å². The first-order chi connectivity index (χ1) is 7.31.